The van der Waals surface area contributed by atoms with Gasteiger partial charge in [0.25, 0.3) is 5.69 Å². The summed E-state index contributed by atoms with van der Waals surface area (Å²) in [6, 6.07) is 2.20. The van der Waals surface area contributed by atoms with E-state index in [1.807, 2.05) is 0 Å². The fourth-order valence-corrected chi connectivity index (χ4v) is 3.13. The van der Waals surface area contributed by atoms with Crippen molar-refractivity contribution in [2.45, 2.75) is 12.9 Å². The van der Waals surface area contributed by atoms with Crippen LogP contribution in [0.4, 0.5) is 24.5 Å². The molecule has 1 heterocycles. The van der Waals surface area contributed by atoms with Gasteiger partial charge in [-0.1, -0.05) is 11.6 Å². The zero-order valence-electron chi connectivity index (χ0n) is 10.9. The Balaban J connectivity index is 2.38. The molecule has 0 unspecified atom stereocenters. The molecule has 2 aromatic rings. The quantitative estimate of drug-likeness (QED) is 0.378. The molecule has 1 N–H and O–H groups in total. The average Bonchev–Trinajstić information content (AvgIpc) is 2.80. The third-order valence-corrected chi connectivity index (χ3v) is 4.17. The normalized spacial score (nSPS) is 11.3. The van der Waals surface area contributed by atoms with Crippen molar-refractivity contribution in [1.29, 1.82) is 0 Å². The number of hydrogen-bond acceptors (Lipinski definition) is 6. The Bertz CT molecular complexity index is 741. The summed E-state index contributed by atoms with van der Waals surface area (Å²) in [7, 11) is 0. The molecule has 1 aromatic carbocycles. The largest absolute Gasteiger partial charge is 0.573 e. The highest BCUT2D eigenvalue weighted by Crippen LogP contribution is 2.39. The van der Waals surface area contributed by atoms with Gasteiger partial charge in [-0.3, -0.25) is 10.1 Å². The highest BCUT2D eigenvalue weighted by molar-refractivity contribution is 14.1. The molecule has 1 aromatic heterocycles. The van der Waals surface area contributed by atoms with Gasteiger partial charge < -0.3 is 10.1 Å². The second kappa shape index (κ2) is 7.05. The Morgan fingerprint density at radius 1 is 1.48 bits per heavy atom. The van der Waals surface area contributed by atoms with Crippen LogP contribution in [0.1, 0.15) is 4.88 Å². The molecule has 0 amide bonds. The summed E-state index contributed by atoms with van der Waals surface area (Å²) < 4.78 is 41.9. The monoisotopic (exact) mass is 479 g/mol. The van der Waals surface area contributed by atoms with Gasteiger partial charge in [0.1, 0.15) is 0 Å². The molecule has 0 spiro atoms. The minimum absolute atomic E-state index is 0.0139. The zero-order valence-corrected chi connectivity index (χ0v) is 14.6. The number of nitrogens with zero attached hydrogens (tertiary/aromatic N) is 2. The average molecular weight is 480 g/mol. The van der Waals surface area contributed by atoms with Crippen LogP contribution in [0.5, 0.6) is 5.75 Å². The number of nitrogens with one attached hydrogen (secondary N) is 1. The van der Waals surface area contributed by atoms with E-state index in [9.17, 15) is 23.3 Å². The lowest BCUT2D eigenvalue weighted by Crippen LogP contribution is -2.18. The van der Waals surface area contributed by atoms with Gasteiger partial charge in [-0.05, 0) is 28.7 Å². The van der Waals surface area contributed by atoms with Gasteiger partial charge >= 0.3 is 6.36 Å². The van der Waals surface area contributed by atoms with Crippen molar-refractivity contribution in [3.8, 4) is 5.75 Å². The standard InChI is InChI=1S/C11H6ClF3IN3O3S/c12-10-18-4-6(23-10)3-17-9-7(19(20)21)1-5(16)2-8(9)22-11(13,14)15/h1-2,4,17H,3H2. The minimum atomic E-state index is -4.97. The number of hydrogen-bond donors (Lipinski definition) is 1. The molecule has 0 bridgehead atoms. The van der Waals surface area contributed by atoms with Crippen LogP contribution in [0, 0.1) is 13.7 Å². The topological polar surface area (TPSA) is 77.3 Å². The number of ether oxygens (including phenoxy) is 1. The number of nitro benzene ring substituents is 1. The Kier molecular flexibility index (Phi) is 5.52. The maximum Gasteiger partial charge on any atom is 0.573 e. The molecular weight excluding hydrogens is 474 g/mol. The van der Waals surface area contributed by atoms with Gasteiger partial charge in [0.05, 0.1) is 11.5 Å². The molecule has 0 aliphatic heterocycles. The molecule has 0 saturated carbocycles. The summed E-state index contributed by atoms with van der Waals surface area (Å²) in [5.41, 5.74) is -0.885. The molecule has 0 aliphatic carbocycles. The molecule has 0 aliphatic rings. The number of benzene rings is 1. The lowest BCUT2D eigenvalue weighted by Gasteiger charge is -2.15. The van der Waals surface area contributed by atoms with Crippen LogP contribution in [-0.2, 0) is 6.54 Å². The Hall–Kier alpha value is -1.34. The highest BCUT2D eigenvalue weighted by Gasteiger charge is 2.34. The first kappa shape index (κ1) is 18.0. The predicted molar refractivity (Wildman–Crippen MR) is 86.9 cm³/mol. The first-order valence-electron chi connectivity index (χ1n) is 5.73. The fourth-order valence-electron chi connectivity index (χ4n) is 1.64. The molecule has 23 heavy (non-hydrogen) atoms. The Labute approximate surface area is 149 Å². The van der Waals surface area contributed by atoms with E-state index in [0.29, 0.717) is 4.88 Å². The highest BCUT2D eigenvalue weighted by atomic mass is 127. The maximum absolute atomic E-state index is 12.5. The summed E-state index contributed by atoms with van der Waals surface area (Å²) in [4.78, 5) is 14.7. The van der Waals surface area contributed by atoms with Crippen molar-refractivity contribution in [2.24, 2.45) is 0 Å². The van der Waals surface area contributed by atoms with Crippen LogP contribution in [0.2, 0.25) is 4.47 Å². The van der Waals surface area contributed by atoms with Gasteiger partial charge in [0, 0.05) is 20.7 Å². The summed E-state index contributed by atoms with van der Waals surface area (Å²) in [6.45, 7) is 0.0139. The Morgan fingerprint density at radius 3 is 2.70 bits per heavy atom. The van der Waals surface area contributed by atoms with E-state index in [2.05, 4.69) is 15.0 Å². The van der Waals surface area contributed by atoms with Gasteiger partial charge in [0.2, 0.25) is 0 Å². The Morgan fingerprint density at radius 2 is 2.17 bits per heavy atom. The van der Waals surface area contributed by atoms with Crippen LogP contribution in [0.25, 0.3) is 0 Å². The summed E-state index contributed by atoms with van der Waals surface area (Å²) in [6.07, 6.45) is -3.55. The second-order valence-corrected chi connectivity index (χ2v) is 6.98. The third-order valence-electron chi connectivity index (χ3n) is 2.43. The number of nitro groups is 1. The van der Waals surface area contributed by atoms with Gasteiger partial charge in [-0.15, -0.1) is 24.5 Å². The molecule has 2 rings (SSSR count). The second-order valence-electron chi connectivity index (χ2n) is 4.04. The minimum Gasteiger partial charge on any atom is -0.403 e. The molecular formula is C11H6ClF3IN3O3S. The molecule has 0 radical (unpaired) electrons. The zero-order chi connectivity index (χ0) is 17.2. The van der Waals surface area contributed by atoms with E-state index >= 15 is 0 Å². The molecule has 0 saturated heterocycles. The van der Waals surface area contributed by atoms with E-state index in [0.717, 1.165) is 23.5 Å². The number of alkyl halides is 3. The SMILES string of the molecule is O=[N+]([O-])c1cc(I)cc(OC(F)(F)F)c1NCc1cnc(Cl)s1. The number of anilines is 1. The summed E-state index contributed by atoms with van der Waals surface area (Å²) in [5, 5.41) is 13.7. The van der Waals surface area contributed by atoms with Crippen LogP contribution >= 0.6 is 45.5 Å². The van der Waals surface area contributed by atoms with Crippen LogP contribution in [0.3, 0.4) is 0 Å². The van der Waals surface area contributed by atoms with E-state index in [-0.39, 0.29) is 20.3 Å². The predicted octanol–water partition coefficient (Wildman–Crippen LogP) is 4.82. The number of rotatable bonds is 5. The molecule has 12 heteroatoms. The maximum atomic E-state index is 12.5. The molecule has 0 atom stereocenters. The fraction of sp³-hybridized carbons (Fsp3) is 0.182. The van der Waals surface area contributed by atoms with E-state index in [1.165, 1.54) is 6.20 Å². The first-order chi connectivity index (χ1) is 10.7. The lowest BCUT2D eigenvalue weighted by molar-refractivity contribution is -0.384. The summed E-state index contributed by atoms with van der Waals surface area (Å²) in [5.74, 6) is -0.674. The van der Waals surface area contributed by atoms with Crippen molar-refractivity contribution >= 4 is 56.9 Å². The van der Waals surface area contributed by atoms with Crippen molar-refractivity contribution in [3.63, 3.8) is 0 Å². The van der Waals surface area contributed by atoms with Crippen LogP contribution in [0.15, 0.2) is 18.3 Å². The number of halogens is 5. The van der Waals surface area contributed by atoms with Gasteiger partial charge in [-0.2, -0.15) is 0 Å². The third kappa shape index (κ3) is 5.07. The van der Waals surface area contributed by atoms with Crippen LogP contribution < -0.4 is 10.1 Å². The van der Waals surface area contributed by atoms with Crippen molar-refractivity contribution in [3.05, 3.63) is 41.4 Å². The smallest absolute Gasteiger partial charge is 0.403 e. The van der Waals surface area contributed by atoms with E-state index < -0.39 is 22.7 Å². The van der Waals surface area contributed by atoms with Crippen LogP contribution in [-0.4, -0.2) is 16.3 Å². The number of aromatic nitrogens is 1. The van der Waals surface area contributed by atoms with Crippen molar-refractivity contribution in [2.75, 3.05) is 5.32 Å². The summed E-state index contributed by atoms with van der Waals surface area (Å²) >= 11 is 8.43. The van der Waals surface area contributed by atoms with Crippen molar-refractivity contribution < 1.29 is 22.8 Å². The van der Waals surface area contributed by atoms with E-state index in [4.69, 9.17) is 11.6 Å². The number of thiazole rings is 1. The first-order valence-corrected chi connectivity index (χ1v) is 8.01. The van der Waals surface area contributed by atoms with E-state index in [1.54, 1.807) is 22.6 Å². The molecule has 124 valence electrons. The van der Waals surface area contributed by atoms with Gasteiger partial charge in [-0.25, -0.2) is 4.98 Å². The lowest BCUT2D eigenvalue weighted by atomic mass is 10.2. The molecule has 0 fully saturated rings. The van der Waals surface area contributed by atoms with Crippen molar-refractivity contribution in [1.82, 2.24) is 4.98 Å². The molecule has 6 nitrogen and oxygen atoms in total. The van der Waals surface area contributed by atoms with Gasteiger partial charge in [0.15, 0.2) is 15.9 Å².